The van der Waals surface area contributed by atoms with Gasteiger partial charge in [-0.1, -0.05) is 28.1 Å². The number of anilines is 2. The number of nitrogens with one attached hydrogen (secondary N) is 1. The molecule has 2 aromatic rings. The Morgan fingerprint density at radius 2 is 1.83 bits per heavy atom. The first-order chi connectivity index (χ1) is 16.5. The molecular weight excluding hydrogens is 526 g/mol. The average Bonchev–Trinajstić information content (AvgIpc) is 3.02. The van der Waals surface area contributed by atoms with E-state index < -0.39 is 17.1 Å². The molecule has 2 heterocycles. The summed E-state index contributed by atoms with van der Waals surface area (Å²) in [5.41, 5.74) is 4.77. The highest BCUT2D eigenvalue weighted by Crippen LogP contribution is 2.41. The van der Waals surface area contributed by atoms with Crippen molar-refractivity contribution in [3.63, 3.8) is 0 Å². The van der Waals surface area contributed by atoms with Crippen LogP contribution in [0.5, 0.6) is 0 Å². The summed E-state index contributed by atoms with van der Waals surface area (Å²) >= 11 is 4.20. The topological polar surface area (TPSA) is 69.7 Å². The molecule has 0 unspecified atom stereocenters. The predicted molar refractivity (Wildman–Crippen MR) is 147 cm³/mol. The Kier molecular flexibility index (Phi) is 6.97. The van der Waals surface area contributed by atoms with Gasteiger partial charge >= 0.3 is 0 Å². The molecule has 1 fully saturated rings. The van der Waals surface area contributed by atoms with Crippen LogP contribution in [0.25, 0.3) is 11.6 Å². The maximum Gasteiger partial charge on any atom is 0.294 e. The van der Waals surface area contributed by atoms with E-state index in [1.807, 2.05) is 6.07 Å². The van der Waals surface area contributed by atoms with E-state index in [0.717, 1.165) is 37.9 Å². The van der Waals surface area contributed by atoms with Gasteiger partial charge in [0.1, 0.15) is 6.54 Å². The van der Waals surface area contributed by atoms with Crippen LogP contribution in [0.4, 0.5) is 16.2 Å². The highest BCUT2D eigenvalue weighted by Gasteiger charge is 2.37. The molecule has 8 heteroatoms. The fraction of sp³-hybridized carbons (Fsp3) is 0.296. The molecule has 4 rings (SSSR count). The average molecular weight is 555 g/mol. The van der Waals surface area contributed by atoms with Crippen molar-refractivity contribution in [1.29, 1.82) is 0 Å². The van der Waals surface area contributed by atoms with Gasteiger partial charge in [0.25, 0.3) is 11.1 Å². The molecule has 2 aromatic carbocycles. The third kappa shape index (κ3) is 5.23. The minimum absolute atomic E-state index is 0.105. The normalized spacial score (nSPS) is 18.3. The summed E-state index contributed by atoms with van der Waals surface area (Å²) in [5, 5.41) is 2.26. The number of carbonyl (C=O) groups is 3. The summed E-state index contributed by atoms with van der Waals surface area (Å²) in [6.45, 7) is 10.5. The van der Waals surface area contributed by atoms with Crippen LogP contribution in [0.1, 0.15) is 45.7 Å². The summed E-state index contributed by atoms with van der Waals surface area (Å²) < 4.78 is 0.889. The summed E-state index contributed by atoms with van der Waals surface area (Å²) in [6.07, 6.45) is 3.99. The number of thioether (sulfide) groups is 1. The maximum absolute atomic E-state index is 12.9. The fourth-order valence-corrected chi connectivity index (χ4v) is 5.87. The number of fused-ring (bicyclic) bond motifs is 1. The Morgan fingerprint density at radius 3 is 2.49 bits per heavy atom. The molecule has 0 bridgehead atoms. The monoisotopic (exact) mass is 553 g/mol. The molecular formula is C27H28BrN3O3S. The maximum atomic E-state index is 12.9. The number of amides is 3. The fourth-order valence-electron chi connectivity index (χ4n) is 4.77. The van der Waals surface area contributed by atoms with Gasteiger partial charge in [0.2, 0.25) is 5.91 Å². The second-order valence-electron chi connectivity index (χ2n) is 9.54. The van der Waals surface area contributed by atoms with E-state index in [2.05, 4.69) is 79.0 Å². The number of hydrogen-bond donors (Lipinski definition) is 1. The van der Waals surface area contributed by atoms with Crippen LogP contribution in [0, 0.1) is 0 Å². The number of carbonyl (C=O) groups excluding carboxylic acids is 3. The van der Waals surface area contributed by atoms with Crippen molar-refractivity contribution in [2.45, 2.75) is 46.2 Å². The van der Waals surface area contributed by atoms with E-state index >= 15 is 0 Å². The van der Waals surface area contributed by atoms with Crippen molar-refractivity contribution < 1.29 is 14.4 Å². The standard InChI is InChI=1S/C27H28BrN3O3S/c1-16(2)31-22-11-6-18(12-21(22)17(3)14-27(31,4)5)13-23-25(33)30(26(34)35-23)15-24(32)29-20-9-7-19(28)8-10-20/h6-14,16H,15H2,1-5H3,(H,29,32)/b23-13-. The summed E-state index contributed by atoms with van der Waals surface area (Å²) in [5.74, 6) is -0.886. The third-order valence-electron chi connectivity index (χ3n) is 6.01. The molecule has 6 nitrogen and oxygen atoms in total. The minimum atomic E-state index is -0.458. The first kappa shape index (κ1) is 25.3. The van der Waals surface area contributed by atoms with Crippen molar-refractivity contribution in [2.24, 2.45) is 0 Å². The number of benzene rings is 2. The highest BCUT2D eigenvalue weighted by molar-refractivity contribution is 9.10. The largest absolute Gasteiger partial charge is 0.360 e. The number of nitrogens with zero attached hydrogens (tertiary/aromatic N) is 2. The molecule has 0 aliphatic carbocycles. The van der Waals surface area contributed by atoms with Gasteiger partial charge in [0.05, 0.1) is 10.4 Å². The van der Waals surface area contributed by atoms with E-state index in [-0.39, 0.29) is 12.1 Å². The van der Waals surface area contributed by atoms with E-state index in [4.69, 9.17) is 0 Å². The van der Waals surface area contributed by atoms with Crippen molar-refractivity contribution in [1.82, 2.24) is 4.90 Å². The molecule has 0 spiro atoms. The lowest BCUT2D eigenvalue weighted by atomic mass is 9.87. The van der Waals surface area contributed by atoms with Crippen molar-refractivity contribution in [3.8, 4) is 0 Å². The number of imide groups is 1. The van der Waals surface area contributed by atoms with Crippen LogP contribution in [-0.2, 0) is 9.59 Å². The lowest BCUT2D eigenvalue weighted by Crippen LogP contribution is -2.49. The number of rotatable bonds is 5. The van der Waals surface area contributed by atoms with Gasteiger partial charge in [-0.05, 0) is 100.0 Å². The Balaban J connectivity index is 1.53. The van der Waals surface area contributed by atoms with Crippen LogP contribution in [0.15, 0.2) is 57.9 Å². The lowest BCUT2D eigenvalue weighted by molar-refractivity contribution is -0.127. The second-order valence-corrected chi connectivity index (χ2v) is 11.5. The zero-order valence-corrected chi connectivity index (χ0v) is 22.8. The molecule has 1 saturated heterocycles. The van der Waals surface area contributed by atoms with Gasteiger partial charge in [-0.25, -0.2) is 0 Å². The van der Waals surface area contributed by atoms with E-state index in [9.17, 15) is 14.4 Å². The first-order valence-corrected chi connectivity index (χ1v) is 13.0. The van der Waals surface area contributed by atoms with Crippen LogP contribution in [-0.4, -0.2) is 40.1 Å². The van der Waals surface area contributed by atoms with Crippen LogP contribution >= 0.6 is 27.7 Å². The van der Waals surface area contributed by atoms with Gasteiger partial charge in [-0.2, -0.15) is 0 Å². The zero-order valence-electron chi connectivity index (χ0n) is 20.4. The number of halogens is 1. The van der Waals surface area contributed by atoms with Crippen LogP contribution in [0.3, 0.4) is 0 Å². The van der Waals surface area contributed by atoms with Gasteiger partial charge in [0, 0.05) is 27.5 Å². The van der Waals surface area contributed by atoms with E-state index in [1.165, 1.54) is 5.57 Å². The minimum Gasteiger partial charge on any atom is -0.360 e. The lowest BCUT2D eigenvalue weighted by Gasteiger charge is -2.46. The van der Waals surface area contributed by atoms with Gasteiger partial charge in [-0.3, -0.25) is 19.3 Å². The molecule has 2 aliphatic rings. The molecule has 3 amide bonds. The molecule has 0 aromatic heterocycles. The molecule has 35 heavy (non-hydrogen) atoms. The molecule has 0 atom stereocenters. The molecule has 2 aliphatic heterocycles. The highest BCUT2D eigenvalue weighted by atomic mass is 79.9. The van der Waals surface area contributed by atoms with Gasteiger partial charge < -0.3 is 10.2 Å². The third-order valence-corrected chi connectivity index (χ3v) is 7.45. The zero-order chi connectivity index (χ0) is 25.5. The summed E-state index contributed by atoms with van der Waals surface area (Å²) in [6, 6.07) is 13.5. The first-order valence-electron chi connectivity index (χ1n) is 11.4. The second kappa shape index (κ2) is 9.66. The van der Waals surface area contributed by atoms with E-state index in [1.54, 1.807) is 30.3 Å². The van der Waals surface area contributed by atoms with Gasteiger partial charge in [-0.15, -0.1) is 0 Å². The van der Waals surface area contributed by atoms with Crippen molar-refractivity contribution in [2.75, 3.05) is 16.8 Å². The van der Waals surface area contributed by atoms with Gasteiger partial charge in [0.15, 0.2) is 0 Å². The Hall–Kier alpha value is -2.84. The Labute approximate surface area is 218 Å². The van der Waals surface area contributed by atoms with Crippen molar-refractivity contribution >= 4 is 67.8 Å². The molecule has 0 saturated carbocycles. The van der Waals surface area contributed by atoms with Crippen LogP contribution < -0.4 is 10.2 Å². The molecule has 182 valence electrons. The smallest absolute Gasteiger partial charge is 0.294 e. The number of hydrogen-bond acceptors (Lipinski definition) is 5. The summed E-state index contributed by atoms with van der Waals surface area (Å²) in [4.78, 5) is 41.6. The predicted octanol–water partition coefficient (Wildman–Crippen LogP) is 6.53. The Morgan fingerprint density at radius 1 is 1.14 bits per heavy atom. The van der Waals surface area contributed by atoms with Crippen LogP contribution in [0.2, 0.25) is 0 Å². The number of allylic oxidation sites excluding steroid dienone is 1. The SMILES string of the molecule is CC1=CC(C)(C)N(C(C)C)c2ccc(/C=C3\SC(=O)N(CC(=O)Nc4ccc(Br)cc4)C3=O)cc21. The molecule has 0 radical (unpaired) electrons. The quantitative estimate of drug-likeness (QED) is 0.426. The van der Waals surface area contributed by atoms with Crippen molar-refractivity contribution in [3.05, 3.63) is 69.0 Å². The molecule has 1 N–H and O–H groups in total. The van der Waals surface area contributed by atoms with E-state index in [0.29, 0.717) is 16.6 Å². The summed E-state index contributed by atoms with van der Waals surface area (Å²) in [7, 11) is 0. The Bertz CT molecular complexity index is 1260.